The van der Waals surface area contributed by atoms with Gasteiger partial charge in [0.2, 0.25) is 6.10 Å². The Balaban J connectivity index is 1.62. The summed E-state index contributed by atoms with van der Waals surface area (Å²) < 4.78 is 12.9. The molecule has 1 aliphatic heterocycles. The number of quaternary nitrogens is 1. The van der Waals surface area contributed by atoms with Crippen LogP contribution in [0.5, 0.6) is 11.5 Å². The lowest BCUT2D eigenvalue weighted by Gasteiger charge is -2.30. The second-order valence-corrected chi connectivity index (χ2v) is 8.49. The number of para-hydroxylation sites is 3. The molecule has 0 saturated heterocycles. The molecule has 0 saturated carbocycles. The maximum Gasteiger partial charge on any atom is 0.273 e. The SMILES string of the molecule is CC[NH+](CC)CCN(C(=O)[C@@H]1COc2ccccc2O1)c1nc2c(C)cccc2s1. The number of hydrogen-bond donors (Lipinski definition) is 1. The van der Waals surface area contributed by atoms with Gasteiger partial charge >= 0.3 is 0 Å². The monoisotopic (exact) mass is 426 g/mol. The van der Waals surface area contributed by atoms with Crippen LogP contribution in [0.2, 0.25) is 0 Å². The summed E-state index contributed by atoms with van der Waals surface area (Å²) in [4.78, 5) is 21.6. The largest absolute Gasteiger partial charge is 0.485 e. The van der Waals surface area contributed by atoms with Crippen LogP contribution in [0.1, 0.15) is 19.4 Å². The average Bonchev–Trinajstić information content (AvgIpc) is 3.21. The van der Waals surface area contributed by atoms with Gasteiger partial charge in [-0.1, -0.05) is 35.6 Å². The normalized spacial score (nSPS) is 15.5. The number of fused-ring (bicyclic) bond motifs is 2. The molecule has 1 aromatic heterocycles. The topological polar surface area (TPSA) is 56.1 Å². The quantitative estimate of drug-likeness (QED) is 0.631. The minimum atomic E-state index is -0.681. The van der Waals surface area contributed by atoms with Crippen LogP contribution in [0.15, 0.2) is 42.5 Å². The van der Waals surface area contributed by atoms with Crippen LogP contribution in [0.25, 0.3) is 10.2 Å². The third-order valence-corrected chi connectivity index (χ3v) is 6.62. The van der Waals surface area contributed by atoms with Crippen molar-refractivity contribution in [2.75, 3.05) is 37.7 Å². The van der Waals surface area contributed by atoms with Crippen LogP contribution in [0.3, 0.4) is 0 Å². The van der Waals surface area contributed by atoms with Crippen LogP contribution in [0, 0.1) is 6.92 Å². The van der Waals surface area contributed by atoms with Gasteiger partial charge in [-0.25, -0.2) is 4.98 Å². The molecular formula is C23H28N3O3S+. The lowest BCUT2D eigenvalue weighted by atomic mass is 10.2. The molecule has 0 spiro atoms. The fourth-order valence-electron chi connectivity index (χ4n) is 3.68. The van der Waals surface area contributed by atoms with Crippen LogP contribution in [-0.4, -0.2) is 49.8 Å². The highest BCUT2D eigenvalue weighted by atomic mass is 32.1. The molecular weight excluding hydrogens is 398 g/mol. The number of thiazole rings is 1. The number of carbonyl (C=O) groups excluding carboxylic acids is 1. The van der Waals surface area contributed by atoms with Crippen LogP contribution < -0.4 is 19.3 Å². The number of benzene rings is 2. The maximum atomic E-state index is 13.5. The summed E-state index contributed by atoms with van der Waals surface area (Å²) in [5.74, 6) is 1.18. The zero-order valence-electron chi connectivity index (χ0n) is 17.7. The van der Waals surface area contributed by atoms with E-state index in [1.807, 2.05) is 43.3 Å². The predicted octanol–water partition coefficient (Wildman–Crippen LogP) is 2.70. The molecule has 2 aromatic carbocycles. The molecule has 0 radical (unpaired) electrons. The summed E-state index contributed by atoms with van der Waals surface area (Å²) in [6, 6.07) is 13.6. The summed E-state index contributed by atoms with van der Waals surface area (Å²) in [7, 11) is 0. The first-order valence-electron chi connectivity index (χ1n) is 10.5. The molecule has 4 rings (SSSR count). The van der Waals surface area contributed by atoms with Crippen LogP contribution >= 0.6 is 11.3 Å². The number of ether oxygens (including phenoxy) is 2. The number of aryl methyl sites for hydroxylation is 1. The molecule has 1 atom stereocenters. The van der Waals surface area contributed by atoms with E-state index >= 15 is 0 Å². The molecule has 0 bridgehead atoms. The smallest absolute Gasteiger partial charge is 0.273 e. The first-order valence-corrected chi connectivity index (χ1v) is 11.3. The summed E-state index contributed by atoms with van der Waals surface area (Å²) in [6.45, 7) is 10.1. The number of likely N-dealkylation sites (N-methyl/N-ethyl adjacent to an activating group) is 1. The maximum absolute atomic E-state index is 13.5. The second-order valence-electron chi connectivity index (χ2n) is 7.48. The average molecular weight is 427 g/mol. The van der Waals surface area contributed by atoms with Crippen molar-refractivity contribution in [2.24, 2.45) is 0 Å². The van der Waals surface area contributed by atoms with Crippen molar-refractivity contribution in [3.63, 3.8) is 0 Å². The first-order chi connectivity index (χ1) is 14.6. The van der Waals surface area contributed by atoms with Gasteiger partial charge in [-0.2, -0.15) is 0 Å². The highest BCUT2D eigenvalue weighted by molar-refractivity contribution is 7.22. The number of carbonyl (C=O) groups is 1. The zero-order valence-corrected chi connectivity index (χ0v) is 18.5. The molecule has 1 aliphatic rings. The van der Waals surface area contributed by atoms with E-state index in [9.17, 15) is 4.79 Å². The Bertz CT molecular complexity index is 1030. The minimum absolute atomic E-state index is 0.104. The van der Waals surface area contributed by atoms with E-state index in [1.54, 1.807) is 16.2 Å². The molecule has 6 nitrogen and oxygen atoms in total. The number of nitrogens with one attached hydrogen (secondary N) is 1. The van der Waals surface area contributed by atoms with Crippen LogP contribution in [-0.2, 0) is 4.79 Å². The molecule has 0 fully saturated rings. The summed E-state index contributed by atoms with van der Waals surface area (Å²) in [5, 5.41) is 0.721. The summed E-state index contributed by atoms with van der Waals surface area (Å²) in [5.41, 5.74) is 2.07. The van der Waals surface area contributed by atoms with E-state index in [1.165, 1.54) is 4.90 Å². The fourth-order valence-corrected chi connectivity index (χ4v) is 4.75. The molecule has 3 aromatic rings. The van der Waals surface area contributed by atoms with E-state index in [4.69, 9.17) is 14.5 Å². The van der Waals surface area contributed by atoms with Gasteiger partial charge in [0.1, 0.15) is 6.61 Å². The summed E-state index contributed by atoms with van der Waals surface area (Å²) >= 11 is 1.55. The van der Waals surface area contributed by atoms with Crippen molar-refractivity contribution in [2.45, 2.75) is 26.9 Å². The van der Waals surface area contributed by atoms with Crippen molar-refractivity contribution in [1.29, 1.82) is 0 Å². The van der Waals surface area contributed by atoms with Crippen molar-refractivity contribution < 1.29 is 19.2 Å². The Morgan fingerprint density at radius 1 is 1.17 bits per heavy atom. The first kappa shape index (κ1) is 20.6. The van der Waals surface area contributed by atoms with Crippen molar-refractivity contribution in [1.82, 2.24) is 4.98 Å². The van der Waals surface area contributed by atoms with Gasteiger partial charge in [0.25, 0.3) is 5.91 Å². The van der Waals surface area contributed by atoms with Gasteiger partial charge in [-0.3, -0.25) is 9.69 Å². The number of nitrogens with zero attached hydrogens (tertiary/aromatic N) is 2. The minimum Gasteiger partial charge on any atom is -0.485 e. The molecule has 2 heterocycles. The Morgan fingerprint density at radius 2 is 1.93 bits per heavy atom. The molecule has 1 amide bonds. The number of rotatable bonds is 7. The predicted molar refractivity (Wildman–Crippen MR) is 120 cm³/mol. The Labute approximate surface area is 181 Å². The second kappa shape index (κ2) is 9.02. The lowest BCUT2D eigenvalue weighted by molar-refractivity contribution is -0.894. The van der Waals surface area contributed by atoms with Crippen LogP contribution in [0.4, 0.5) is 5.13 Å². The lowest BCUT2D eigenvalue weighted by Crippen LogP contribution is -3.12. The van der Waals surface area contributed by atoms with Gasteiger partial charge in [0, 0.05) is 0 Å². The Hall–Kier alpha value is -2.64. The molecule has 158 valence electrons. The van der Waals surface area contributed by atoms with Gasteiger partial charge in [-0.05, 0) is 44.5 Å². The van der Waals surface area contributed by atoms with Gasteiger partial charge in [0.05, 0.1) is 36.4 Å². The summed E-state index contributed by atoms with van der Waals surface area (Å²) in [6.07, 6.45) is -0.681. The van der Waals surface area contributed by atoms with E-state index in [0.717, 1.165) is 40.5 Å². The Kier molecular flexibility index (Phi) is 6.20. The third-order valence-electron chi connectivity index (χ3n) is 5.58. The number of aromatic nitrogens is 1. The zero-order chi connectivity index (χ0) is 21.1. The molecule has 1 N–H and O–H groups in total. The van der Waals surface area contributed by atoms with Gasteiger partial charge in [-0.15, -0.1) is 0 Å². The van der Waals surface area contributed by atoms with E-state index in [0.29, 0.717) is 18.0 Å². The number of amides is 1. The van der Waals surface area contributed by atoms with E-state index in [2.05, 4.69) is 19.9 Å². The molecule has 30 heavy (non-hydrogen) atoms. The molecule has 0 unspecified atom stereocenters. The van der Waals surface area contributed by atoms with Crippen molar-refractivity contribution in [3.05, 3.63) is 48.0 Å². The Morgan fingerprint density at radius 3 is 2.67 bits per heavy atom. The fraction of sp³-hybridized carbons (Fsp3) is 0.391. The highest BCUT2D eigenvalue weighted by Gasteiger charge is 2.33. The number of anilines is 1. The van der Waals surface area contributed by atoms with E-state index in [-0.39, 0.29) is 12.5 Å². The standard InChI is InChI=1S/C23H27N3O3S/c1-4-25(5-2)13-14-26(23-24-21-16(3)9-8-12-20(21)30-23)22(27)19-15-28-17-10-6-7-11-18(17)29-19/h6-12,19H,4-5,13-15H2,1-3H3/p+1/t19-/m0/s1. The number of hydrogen-bond acceptors (Lipinski definition) is 5. The third kappa shape index (κ3) is 4.13. The van der Waals surface area contributed by atoms with Gasteiger partial charge in [0.15, 0.2) is 16.6 Å². The molecule has 7 heteroatoms. The van der Waals surface area contributed by atoms with Crippen molar-refractivity contribution >= 4 is 32.6 Å². The molecule has 0 aliphatic carbocycles. The van der Waals surface area contributed by atoms with Crippen molar-refractivity contribution in [3.8, 4) is 11.5 Å². The highest BCUT2D eigenvalue weighted by Crippen LogP contribution is 2.34. The van der Waals surface area contributed by atoms with E-state index < -0.39 is 6.10 Å². The van der Waals surface area contributed by atoms with Gasteiger partial charge < -0.3 is 14.4 Å².